The first-order valence-corrected chi connectivity index (χ1v) is 11.8. The Balaban J connectivity index is 2.02. The Morgan fingerprint density at radius 1 is 1.13 bits per heavy atom. The lowest BCUT2D eigenvalue weighted by Gasteiger charge is -2.46. The Morgan fingerprint density at radius 2 is 1.77 bits per heavy atom. The van der Waals surface area contributed by atoms with Crippen LogP contribution in [0, 0.1) is 12.8 Å². The smallest absolute Gasteiger partial charge is 0.244 e. The van der Waals surface area contributed by atoms with Gasteiger partial charge in [0.05, 0.1) is 10.9 Å². The second-order valence-corrected chi connectivity index (χ2v) is 9.83. The zero-order valence-electron chi connectivity index (χ0n) is 17.9. The minimum absolute atomic E-state index is 0.126. The Hall–Kier alpha value is -2.44. The first-order valence-electron chi connectivity index (χ1n) is 10.3. The molecule has 0 bridgehead atoms. The van der Waals surface area contributed by atoms with Gasteiger partial charge < -0.3 is 4.90 Å². The highest BCUT2D eigenvalue weighted by Crippen LogP contribution is 2.32. The number of hydrogen-bond acceptors (Lipinski definition) is 3. The van der Waals surface area contributed by atoms with Crippen molar-refractivity contribution in [1.29, 1.82) is 0 Å². The fraction of sp³-hybridized carbons (Fsp3) is 0.375. The van der Waals surface area contributed by atoms with Gasteiger partial charge in [-0.05, 0) is 30.5 Å². The molecule has 0 spiro atoms. The molecular weight excluding hydrogens is 396 g/mol. The molecule has 30 heavy (non-hydrogen) atoms. The molecule has 6 heteroatoms. The molecule has 3 rings (SSSR count). The summed E-state index contributed by atoms with van der Waals surface area (Å²) in [7, 11) is -3.86. The summed E-state index contributed by atoms with van der Waals surface area (Å²) >= 11 is 0. The molecular formula is C24H30N2O3S. The van der Waals surface area contributed by atoms with Crippen molar-refractivity contribution < 1.29 is 13.2 Å². The summed E-state index contributed by atoms with van der Waals surface area (Å²) in [4.78, 5) is 15.5. The molecule has 1 saturated heterocycles. The normalized spacial score (nSPS) is 21.4. The van der Waals surface area contributed by atoms with Crippen LogP contribution in [0.1, 0.15) is 31.4 Å². The van der Waals surface area contributed by atoms with E-state index in [1.54, 1.807) is 35.2 Å². The van der Waals surface area contributed by atoms with Gasteiger partial charge in [-0.1, -0.05) is 74.4 Å². The minimum Gasteiger partial charge on any atom is -0.335 e. The summed E-state index contributed by atoms with van der Waals surface area (Å²) in [5.74, 6) is -0.277. The monoisotopic (exact) mass is 426 g/mol. The molecule has 0 radical (unpaired) electrons. The molecule has 3 atom stereocenters. The van der Waals surface area contributed by atoms with Crippen LogP contribution in [0.25, 0.3) is 0 Å². The first-order chi connectivity index (χ1) is 14.3. The summed E-state index contributed by atoms with van der Waals surface area (Å²) in [6.45, 7) is 10.5. The maximum absolute atomic E-state index is 13.6. The van der Waals surface area contributed by atoms with E-state index in [0.717, 1.165) is 11.1 Å². The van der Waals surface area contributed by atoms with Gasteiger partial charge in [0.1, 0.15) is 6.04 Å². The SMILES string of the molecule is C=C[C@@H]1CN(Cc2ccccc2)C(=O)[C@H](C(C)CC)N1S(=O)(=O)c1ccc(C)cc1. The Morgan fingerprint density at radius 3 is 2.33 bits per heavy atom. The zero-order chi connectivity index (χ0) is 21.9. The molecule has 1 heterocycles. The van der Waals surface area contributed by atoms with Gasteiger partial charge in [-0.25, -0.2) is 8.42 Å². The number of amides is 1. The summed E-state index contributed by atoms with van der Waals surface area (Å²) in [5.41, 5.74) is 2.00. The predicted molar refractivity (Wildman–Crippen MR) is 119 cm³/mol. The van der Waals surface area contributed by atoms with Crippen LogP contribution in [0.2, 0.25) is 0 Å². The third kappa shape index (κ3) is 4.35. The van der Waals surface area contributed by atoms with Crippen molar-refractivity contribution in [2.75, 3.05) is 6.54 Å². The average Bonchev–Trinajstić information content (AvgIpc) is 2.75. The van der Waals surface area contributed by atoms with Crippen LogP contribution >= 0.6 is 0 Å². The van der Waals surface area contributed by atoms with Gasteiger partial charge in [-0.3, -0.25) is 4.79 Å². The third-order valence-corrected chi connectivity index (χ3v) is 7.76. The number of carbonyl (C=O) groups excluding carboxylic acids is 1. The number of benzene rings is 2. The summed E-state index contributed by atoms with van der Waals surface area (Å²) in [6, 6.07) is 15.3. The molecule has 2 aromatic carbocycles. The van der Waals surface area contributed by atoms with Crippen LogP contribution in [-0.2, 0) is 21.4 Å². The van der Waals surface area contributed by atoms with Crippen molar-refractivity contribution in [3.63, 3.8) is 0 Å². The summed E-state index contributed by atoms with van der Waals surface area (Å²) in [6.07, 6.45) is 2.34. The lowest BCUT2D eigenvalue weighted by Crippen LogP contribution is -2.64. The fourth-order valence-corrected chi connectivity index (χ4v) is 5.73. The molecule has 0 saturated carbocycles. The largest absolute Gasteiger partial charge is 0.335 e. The maximum atomic E-state index is 13.6. The summed E-state index contributed by atoms with van der Waals surface area (Å²) in [5, 5.41) is 0. The molecule has 2 aromatic rings. The van der Waals surface area contributed by atoms with Crippen molar-refractivity contribution >= 4 is 15.9 Å². The van der Waals surface area contributed by atoms with Crippen LogP contribution in [0.3, 0.4) is 0 Å². The molecule has 5 nitrogen and oxygen atoms in total. The van der Waals surface area contributed by atoms with E-state index in [1.165, 1.54) is 4.31 Å². The van der Waals surface area contributed by atoms with Crippen LogP contribution in [-0.4, -0.2) is 42.2 Å². The second kappa shape index (κ2) is 9.14. The molecule has 160 valence electrons. The van der Waals surface area contributed by atoms with Crippen molar-refractivity contribution in [2.45, 2.75) is 50.7 Å². The topological polar surface area (TPSA) is 57.7 Å². The van der Waals surface area contributed by atoms with Crippen molar-refractivity contribution in [3.05, 3.63) is 78.4 Å². The molecule has 1 aliphatic heterocycles. The number of nitrogens with zero attached hydrogens (tertiary/aromatic N) is 2. The van der Waals surface area contributed by atoms with Gasteiger partial charge in [-0.15, -0.1) is 6.58 Å². The number of aryl methyl sites for hydroxylation is 1. The van der Waals surface area contributed by atoms with E-state index in [4.69, 9.17) is 0 Å². The molecule has 0 aromatic heterocycles. The minimum atomic E-state index is -3.86. The van der Waals surface area contributed by atoms with Crippen molar-refractivity contribution in [2.24, 2.45) is 5.92 Å². The predicted octanol–water partition coefficient (Wildman–Crippen LogP) is 4.00. The standard InChI is InChI=1S/C24H30N2O3S/c1-5-19(4)23-24(27)25(16-20-10-8-7-9-11-20)17-21(6-2)26(23)30(28,29)22-14-12-18(3)13-15-22/h6-15,19,21,23H,2,5,16-17H2,1,3-4H3/t19?,21-,23+/m1/s1. The van der Waals surface area contributed by atoms with E-state index < -0.39 is 22.1 Å². The number of hydrogen-bond donors (Lipinski definition) is 0. The third-order valence-electron chi connectivity index (χ3n) is 5.84. The van der Waals surface area contributed by atoms with Crippen LogP contribution in [0.5, 0.6) is 0 Å². The average molecular weight is 427 g/mol. The van der Waals surface area contributed by atoms with Gasteiger partial charge >= 0.3 is 0 Å². The highest BCUT2D eigenvalue weighted by Gasteiger charge is 2.47. The number of rotatable bonds is 7. The highest BCUT2D eigenvalue weighted by atomic mass is 32.2. The van der Waals surface area contributed by atoms with Gasteiger partial charge in [0.2, 0.25) is 15.9 Å². The fourth-order valence-electron chi connectivity index (χ4n) is 3.90. The second-order valence-electron chi connectivity index (χ2n) is 7.99. The Bertz CT molecular complexity index is 987. The Labute approximate surface area is 180 Å². The van der Waals surface area contributed by atoms with Gasteiger partial charge in [-0.2, -0.15) is 4.31 Å². The van der Waals surface area contributed by atoms with Crippen LogP contribution < -0.4 is 0 Å². The molecule has 1 aliphatic rings. The molecule has 1 amide bonds. The van der Waals surface area contributed by atoms with E-state index in [2.05, 4.69) is 6.58 Å². The van der Waals surface area contributed by atoms with Crippen molar-refractivity contribution in [1.82, 2.24) is 9.21 Å². The molecule has 0 N–H and O–H groups in total. The molecule has 1 fully saturated rings. The number of carbonyl (C=O) groups is 1. The lowest BCUT2D eigenvalue weighted by molar-refractivity contribution is -0.143. The number of sulfonamides is 1. The molecule has 1 unspecified atom stereocenters. The van der Waals surface area contributed by atoms with Gasteiger partial charge in [0, 0.05) is 13.1 Å². The summed E-state index contributed by atoms with van der Waals surface area (Å²) < 4.78 is 28.6. The van der Waals surface area contributed by atoms with E-state index in [0.29, 0.717) is 13.0 Å². The first kappa shape index (κ1) is 22.2. The number of piperazine rings is 1. The lowest BCUT2D eigenvalue weighted by atomic mass is 9.94. The quantitative estimate of drug-likeness (QED) is 0.629. The molecule has 0 aliphatic carbocycles. The van der Waals surface area contributed by atoms with E-state index in [1.807, 2.05) is 51.1 Å². The Kier molecular flexibility index (Phi) is 6.78. The highest BCUT2D eigenvalue weighted by molar-refractivity contribution is 7.89. The van der Waals surface area contributed by atoms with Crippen molar-refractivity contribution in [3.8, 4) is 0 Å². The van der Waals surface area contributed by atoms with E-state index in [9.17, 15) is 13.2 Å². The van der Waals surface area contributed by atoms with Crippen LogP contribution in [0.15, 0.2) is 72.1 Å². The van der Waals surface area contributed by atoms with Gasteiger partial charge in [0.25, 0.3) is 0 Å². The van der Waals surface area contributed by atoms with Gasteiger partial charge in [0.15, 0.2) is 0 Å². The zero-order valence-corrected chi connectivity index (χ0v) is 18.7. The van der Waals surface area contributed by atoms with Crippen LogP contribution in [0.4, 0.5) is 0 Å². The maximum Gasteiger partial charge on any atom is 0.244 e. The van der Waals surface area contributed by atoms with E-state index >= 15 is 0 Å². The van der Waals surface area contributed by atoms with E-state index in [-0.39, 0.29) is 23.3 Å².